The fourth-order valence-corrected chi connectivity index (χ4v) is 6.99. The Bertz CT molecular complexity index is 1910. The van der Waals surface area contributed by atoms with Crippen molar-refractivity contribution >= 4 is 33.9 Å². The molecule has 1 fully saturated rings. The molecule has 200 valence electrons. The van der Waals surface area contributed by atoms with Crippen LogP contribution in [0.5, 0.6) is 0 Å². The van der Waals surface area contributed by atoms with Crippen LogP contribution < -0.4 is 0 Å². The Balaban J connectivity index is 1.34. The first kappa shape index (κ1) is 25.2. The van der Waals surface area contributed by atoms with Crippen molar-refractivity contribution in [1.82, 2.24) is 4.57 Å². The van der Waals surface area contributed by atoms with E-state index >= 15 is 0 Å². The van der Waals surface area contributed by atoms with Crippen molar-refractivity contribution in [2.45, 2.75) is 24.7 Å². The molecule has 4 aromatic carbocycles. The van der Waals surface area contributed by atoms with Crippen molar-refractivity contribution in [3.05, 3.63) is 138 Å². The molecule has 1 aromatic heterocycles. The van der Waals surface area contributed by atoms with Crippen LogP contribution in [0.15, 0.2) is 121 Å². The number of benzene rings is 4. The molecule has 1 aliphatic heterocycles. The number of carbonyl (C=O) groups is 2. The Morgan fingerprint density at radius 1 is 0.805 bits per heavy atom. The van der Waals surface area contributed by atoms with Crippen LogP contribution in [0.2, 0.25) is 0 Å². The number of allylic oxidation sites excluding steroid dienone is 2. The van der Waals surface area contributed by atoms with E-state index in [1.54, 1.807) is 0 Å². The Labute approximate surface area is 239 Å². The van der Waals surface area contributed by atoms with Crippen molar-refractivity contribution in [3.63, 3.8) is 0 Å². The van der Waals surface area contributed by atoms with E-state index in [9.17, 15) is 9.59 Å². The number of fused-ring (bicyclic) bond motifs is 2. The van der Waals surface area contributed by atoms with E-state index in [0.717, 1.165) is 45.5 Å². The van der Waals surface area contributed by atoms with E-state index in [-0.39, 0.29) is 22.6 Å². The zero-order chi connectivity index (χ0) is 28.3. The highest BCUT2D eigenvalue weighted by atomic mass is 16.2. The average Bonchev–Trinajstić information content (AvgIpc) is 3.40. The lowest BCUT2D eigenvalue weighted by atomic mass is 9.69. The molecule has 0 spiro atoms. The van der Waals surface area contributed by atoms with Gasteiger partial charge in [0.15, 0.2) is 17.3 Å². The molecule has 0 N–H and O–H groups in total. The van der Waals surface area contributed by atoms with Gasteiger partial charge in [-0.3, -0.25) is 9.59 Å². The number of carbonyl (C=O) groups excluding carboxylic acids is 2. The fourth-order valence-electron chi connectivity index (χ4n) is 6.99. The quantitative estimate of drug-likeness (QED) is 0.106. The van der Waals surface area contributed by atoms with Crippen LogP contribution in [0.3, 0.4) is 0 Å². The highest BCUT2D eigenvalue weighted by Gasteiger charge is 2.52. The van der Waals surface area contributed by atoms with Gasteiger partial charge in [0.05, 0.1) is 16.7 Å². The fraction of sp³-hybridized carbons (Fsp3) is 0.162. The molecule has 4 nitrogen and oxygen atoms in total. The molecule has 0 saturated heterocycles. The van der Waals surface area contributed by atoms with Crippen LogP contribution in [-0.4, -0.2) is 33.5 Å². The Morgan fingerprint density at radius 3 is 2.15 bits per heavy atom. The summed E-state index contributed by atoms with van der Waals surface area (Å²) in [4.78, 5) is 28.0. The average molecular weight is 536 g/mol. The second kappa shape index (κ2) is 9.38. The van der Waals surface area contributed by atoms with Gasteiger partial charge in [0.2, 0.25) is 5.69 Å². The third kappa shape index (κ3) is 3.71. The number of ketones is 2. The van der Waals surface area contributed by atoms with Crippen LogP contribution in [0.25, 0.3) is 22.2 Å². The van der Waals surface area contributed by atoms with E-state index in [1.807, 2.05) is 86.9 Å². The largest absolute Gasteiger partial charge is 0.343 e. The van der Waals surface area contributed by atoms with Gasteiger partial charge in [0.25, 0.3) is 0 Å². The summed E-state index contributed by atoms with van der Waals surface area (Å²) in [5.41, 5.74) is 8.12. The lowest BCUT2D eigenvalue weighted by molar-refractivity contribution is -0.401. The van der Waals surface area contributed by atoms with Crippen molar-refractivity contribution in [2.75, 3.05) is 7.05 Å². The Hall–Kier alpha value is -4.83. The van der Waals surface area contributed by atoms with Crippen molar-refractivity contribution < 1.29 is 14.2 Å². The van der Waals surface area contributed by atoms with Crippen LogP contribution >= 0.6 is 0 Å². The summed E-state index contributed by atoms with van der Waals surface area (Å²) < 4.78 is 4.25. The number of nitrogens with zero attached hydrogens (tertiary/aromatic N) is 2. The van der Waals surface area contributed by atoms with Gasteiger partial charge < -0.3 is 4.57 Å². The van der Waals surface area contributed by atoms with Gasteiger partial charge in [-0.2, -0.15) is 4.58 Å². The molecular formula is C37H31N2O2+. The molecule has 41 heavy (non-hydrogen) atoms. The maximum Gasteiger partial charge on any atom is 0.209 e. The van der Waals surface area contributed by atoms with E-state index in [0.29, 0.717) is 0 Å². The molecule has 1 aliphatic carbocycles. The second-order valence-electron chi connectivity index (χ2n) is 11.4. The molecular weight excluding hydrogens is 504 g/mol. The number of hydrogen-bond donors (Lipinski definition) is 0. The molecule has 4 heteroatoms. The summed E-state index contributed by atoms with van der Waals surface area (Å²) >= 11 is 0. The zero-order valence-corrected chi connectivity index (χ0v) is 23.5. The molecule has 0 radical (unpaired) electrons. The van der Waals surface area contributed by atoms with Gasteiger partial charge in [-0.25, -0.2) is 0 Å². The first-order valence-corrected chi connectivity index (χ1v) is 14.1. The van der Waals surface area contributed by atoms with Crippen LogP contribution in [0.4, 0.5) is 5.69 Å². The van der Waals surface area contributed by atoms with Crippen molar-refractivity contribution in [1.29, 1.82) is 0 Å². The van der Waals surface area contributed by atoms with E-state index in [2.05, 4.69) is 58.5 Å². The van der Waals surface area contributed by atoms with Crippen LogP contribution in [-0.2, 0) is 28.5 Å². The SMILES string of the molecule is Cn1c(-c2ccccc2)c(C2C(=O)C(=CC3=[N+](C)c4ccccc4C3(C)Cc3ccccc3)C2=O)c2ccccc21. The zero-order valence-electron chi connectivity index (χ0n) is 23.5. The lowest BCUT2D eigenvalue weighted by Gasteiger charge is -2.28. The van der Waals surface area contributed by atoms with E-state index in [4.69, 9.17) is 0 Å². The summed E-state index contributed by atoms with van der Waals surface area (Å²) in [7, 11) is 4.04. The normalized spacial score (nSPS) is 20.0. The monoisotopic (exact) mass is 535 g/mol. The van der Waals surface area contributed by atoms with Gasteiger partial charge >= 0.3 is 0 Å². The van der Waals surface area contributed by atoms with Crippen molar-refractivity contribution in [3.8, 4) is 11.3 Å². The van der Waals surface area contributed by atoms with Crippen molar-refractivity contribution in [2.24, 2.45) is 7.05 Å². The standard InChI is InChI=1S/C37H31N2O2/c1-37(23-24-14-6-4-7-15-24)28-19-11-13-21-30(28)38(2)31(37)22-27-35(40)33(36(27)41)32-26-18-10-12-20-29(26)39(3)34(32)25-16-8-5-9-17-25/h4-22,33H,23H2,1-3H3/q+1. The minimum atomic E-state index is -0.808. The smallest absolute Gasteiger partial charge is 0.209 e. The maximum atomic E-state index is 14.0. The first-order chi connectivity index (χ1) is 19.9. The number of Topliss-reactive ketones (excluding diaryl/α,β-unsaturated/α-hetero) is 2. The molecule has 2 aliphatic rings. The third-order valence-electron chi connectivity index (χ3n) is 9.01. The predicted molar refractivity (Wildman–Crippen MR) is 164 cm³/mol. The molecule has 5 aromatic rings. The van der Waals surface area contributed by atoms with Crippen LogP contribution in [0.1, 0.15) is 29.5 Å². The van der Waals surface area contributed by atoms with Gasteiger partial charge in [-0.15, -0.1) is 0 Å². The molecule has 2 heterocycles. The van der Waals surface area contributed by atoms with Gasteiger partial charge in [-0.1, -0.05) is 97.1 Å². The summed E-state index contributed by atoms with van der Waals surface area (Å²) in [5, 5.41) is 0.951. The van der Waals surface area contributed by atoms with E-state index < -0.39 is 5.92 Å². The number of rotatable bonds is 5. The number of aromatic nitrogens is 1. The highest BCUT2D eigenvalue weighted by Crippen LogP contribution is 2.46. The molecule has 0 bridgehead atoms. The highest BCUT2D eigenvalue weighted by molar-refractivity contribution is 6.44. The summed E-state index contributed by atoms with van der Waals surface area (Å²) in [6, 6.07) is 36.9. The maximum absolute atomic E-state index is 14.0. The van der Waals surface area contributed by atoms with E-state index in [1.165, 1.54) is 11.1 Å². The molecule has 7 rings (SSSR count). The summed E-state index contributed by atoms with van der Waals surface area (Å²) in [6.45, 7) is 2.22. The third-order valence-corrected chi connectivity index (χ3v) is 9.01. The second-order valence-corrected chi connectivity index (χ2v) is 11.4. The topological polar surface area (TPSA) is 42.1 Å². The van der Waals surface area contributed by atoms with Gasteiger partial charge in [-0.05, 0) is 30.5 Å². The Kier molecular flexibility index (Phi) is 5.75. The number of aryl methyl sites for hydroxylation is 1. The lowest BCUT2D eigenvalue weighted by Crippen LogP contribution is -2.41. The molecule has 1 atom stereocenters. The number of para-hydroxylation sites is 2. The molecule has 1 saturated carbocycles. The Morgan fingerprint density at radius 2 is 1.41 bits per heavy atom. The minimum Gasteiger partial charge on any atom is -0.343 e. The summed E-state index contributed by atoms with van der Waals surface area (Å²) in [6.07, 6.45) is 2.64. The first-order valence-electron chi connectivity index (χ1n) is 14.1. The predicted octanol–water partition coefficient (Wildman–Crippen LogP) is 6.94. The number of hydrogen-bond acceptors (Lipinski definition) is 2. The van der Waals surface area contributed by atoms with Gasteiger partial charge in [0.1, 0.15) is 13.0 Å². The minimum absolute atomic E-state index is 0.109. The molecule has 0 amide bonds. The molecule has 1 unspecified atom stereocenters. The van der Waals surface area contributed by atoms with Crippen LogP contribution in [0, 0.1) is 0 Å². The van der Waals surface area contributed by atoms with Gasteiger partial charge in [0, 0.05) is 41.2 Å². The summed E-state index contributed by atoms with van der Waals surface area (Å²) in [5.74, 6) is -1.03.